The molecule has 1 aliphatic heterocycles. The molecular weight excluding hydrogens is 267 g/mol. The molecule has 110 valence electrons. The second kappa shape index (κ2) is 5.95. The largest absolute Gasteiger partial charge is 0.416 e. The Morgan fingerprint density at radius 3 is 2.25 bits per heavy atom. The average Bonchev–Trinajstić information content (AvgIpc) is 2.90. The Bertz CT molecular complexity index is 461. The molecule has 0 spiro atoms. The van der Waals surface area contributed by atoms with Crippen LogP contribution in [0.4, 0.5) is 13.2 Å². The van der Waals surface area contributed by atoms with E-state index in [9.17, 15) is 18.0 Å². The van der Waals surface area contributed by atoms with E-state index < -0.39 is 11.7 Å². The molecule has 1 atom stereocenters. The van der Waals surface area contributed by atoms with Crippen LogP contribution in [-0.2, 0) is 6.18 Å². The molecule has 1 fully saturated rings. The first-order valence-electron chi connectivity index (χ1n) is 6.82. The lowest BCUT2D eigenvalue weighted by Gasteiger charge is -2.19. The molecule has 1 aromatic carbocycles. The van der Waals surface area contributed by atoms with Crippen LogP contribution >= 0.6 is 0 Å². The van der Waals surface area contributed by atoms with Gasteiger partial charge in [0.25, 0.3) is 0 Å². The Morgan fingerprint density at radius 1 is 1.20 bits per heavy atom. The van der Waals surface area contributed by atoms with Crippen molar-refractivity contribution < 1.29 is 18.0 Å². The summed E-state index contributed by atoms with van der Waals surface area (Å²) in [5.41, 5.74) is -0.369. The van der Waals surface area contributed by atoms with Gasteiger partial charge in [0.1, 0.15) is 0 Å². The van der Waals surface area contributed by atoms with E-state index in [2.05, 4.69) is 4.90 Å². The van der Waals surface area contributed by atoms with Crippen molar-refractivity contribution >= 4 is 5.78 Å². The molecule has 1 saturated heterocycles. The van der Waals surface area contributed by atoms with Gasteiger partial charge in [-0.25, -0.2) is 0 Å². The van der Waals surface area contributed by atoms with Gasteiger partial charge in [0.2, 0.25) is 0 Å². The summed E-state index contributed by atoms with van der Waals surface area (Å²) in [5, 5.41) is 0. The molecule has 5 heteroatoms. The van der Waals surface area contributed by atoms with Crippen LogP contribution in [0.1, 0.15) is 35.7 Å². The zero-order chi connectivity index (χ0) is 14.8. The summed E-state index contributed by atoms with van der Waals surface area (Å²) in [4.78, 5) is 14.4. The number of alkyl halides is 3. The van der Waals surface area contributed by atoms with Crippen molar-refractivity contribution in [1.29, 1.82) is 0 Å². The summed E-state index contributed by atoms with van der Waals surface area (Å²) in [6, 6.07) is 4.48. The van der Waals surface area contributed by atoms with Gasteiger partial charge in [-0.3, -0.25) is 4.79 Å². The monoisotopic (exact) mass is 285 g/mol. The molecule has 0 aliphatic carbocycles. The summed E-state index contributed by atoms with van der Waals surface area (Å²) in [6.07, 6.45) is -2.05. The minimum absolute atomic E-state index is 0.0920. The third-order valence-electron chi connectivity index (χ3n) is 3.68. The number of nitrogens with zero attached hydrogens (tertiary/aromatic N) is 1. The van der Waals surface area contributed by atoms with Crippen LogP contribution in [-0.4, -0.2) is 30.3 Å². The number of hydrogen-bond acceptors (Lipinski definition) is 2. The van der Waals surface area contributed by atoms with Crippen LogP contribution < -0.4 is 0 Å². The van der Waals surface area contributed by atoms with Crippen LogP contribution in [0.25, 0.3) is 0 Å². The molecule has 0 aromatic heterocycles. The highest BCUT2D eigenvalue weighted by atomic mass is 19.4. The van der Waals surface area contributed by atoms with Gasteiger partial charge < -0.3 is 4.90 Å². The SMILES string of the molecule is C[C@@H](CN1CCCC1)C(=O)c1ccc(C(F)(F)F)cc1. The number of carbonyl (C=O) groups is 1. The van der Waals surface area contributed by atoms with E-state index in [0.29, 0.717) is 12.1 Å². The fourth-order valence-corrected chi connectivity index (χ4v) is 2.54. The van der Waals surface area contributed by atoms with E-state index >= 15 is 0 Å². The van der Waals surface area contributed by atoms with Gasteiger partial charge in [-0.15, -0.1) is 0 Å². The van der Waals surface area contributed by atoms with E-state index in [-0.39, 0.29) is 11.7 Å². The van der Waals surface area contributed by atoms with Crippen LogP contribution in [0.3, 0.4) is 0 Å². The molecule has 20 heavy (non-hydrogen) atoms. The first-order valence-corrected chi connectivity index (χ1v) is 6.82. The molecule has 0 N–H and O–H groups in total. The number of rotatable bonds is 4. The maximum absolute atomic E-state index is 12.5. The third-order valence-corrected chi connectivity index (χ3v) is 3.68. The number of benzene rings is 1. The van der Waals surface area contributed by atoms with Crippen LogP contribution in [0.2, 0.25) is 0 Å². The summed E-state index contributed by atoms with van der Waals surface area (Å²) in [7, 11) is 0. The summed E-state index contributed by atoms with van der Waals surface area (Å²) in [5.74, 6) is -0.282. The molecule has 1 aliphatic rings. The highest BCUT2D eigenvalue weighted by Crippen LogP contribution is 2.29. The fraction of sp³-hybridized carbons (Fsp3) is 0.533. The highest BCUT2D eigenvalue weighted by Gasteiger charge is 2.30. The number of hydrogen-bond donors (Lipinski definition) is 0. The van der Waals surface area contributed by atoms with Gasteiger partial charge in [0.05, 0.1) is 5.56 Å². The first kappa shape index (κ1) is 15.0. The number of Topliss-reactive ketones (excluding diaryl/α,β-unsaturated/α-hetero) is 1. The molecule has 0 unspecified atom stereocenters. The van der Waals surface area contributed by atoms with Gasteiger partial charge in [-0.2, -0.15) is 13.2 Å². The van der Waals surface area contributed by atoms with Crippen molar-refractivity contribution in [2.75, 3.05) is 19.6 Å². The van der Waals surface area contributed by atoms with E-state index in [1.54, 1.807) is 0 Å². The molecule has 2 nitrogen and oxygen atoms in total. The maximum Gasteiger partial charge on any atom is 0.416 e. The Balaban J connectivity index is 2.01. The van der Waals surface area contributed by atoms with E-state index in [1.165, 1.54) is 12.1 Å². The van der Waals surface area contributed by atoms with Crippen molar-refractivity contribution in [3.05, 3.63) is 35.4 Å². The zero-order valence-corrected chi connectivity index (χ0v) is 11.4. The molecule has 2 rings (SSSR count). The average molecular weight is 285 g/mol. The van der Waals surface area contributed by atoms with Gasteiger partial charge in [-0.05, 0) is 38.1 Å². The third kappa shape index (κ3) is 3.60. The molecule has 0 saturated carbocycles. The normalized spacial score (nSPS) is 18.2. The van der Waals surface area contributed by atoms with E-state index in [4.69, 9.17) is 0 Å². The maximum atomic E-state index is 12.5. The van der Waals surface area contributed by atoms with Crippen LogP contribution in [0.5, 0.6) is 0 Å². The Hall–Kier alpha value is -1.36. The van der Waals surface area contributed by atoms with Crippen LogP contribution in [0, 0.1) is 5.92 Å². The van der Waals surface area contributed by atoms with Crippen LogP contribution in [0.15, 0.2) is 24.3 Å². The van der Waals surface area contributed by atoms with Crippen molar-refractivity contribution in [2.45, 2.75) is 25.9 Å². The summed E-state index contributed by atoms with van der Waals surface area (Å²) >= 11 is 0. The van der Waals surface area contributed by atoms with Gasteiger partial charge >= 0.3 is 6.18 Å². The van der Waals surface area contributed by atoms with E-state index in [0.717, 1.165) is 38.1 Å². The second-order valence-corrected chi connectivity index (χ2v) is 5.35. The molecule has 0 amide bonds. The van der Waals surface area contributed by atoms with Crippen molar-refractivity contribution in [3.8, 4) is 0 Å². The number of halogens is 3. The lowest BCUT2D eigenvalue weighted by molar-refractivity contribution is -0.137. The van der Waals surface area contributed by atoms with Crippen molar-refractivity contribution in [2.24, 2.45) is 5.92 Å². The lowest BCUT2D eigenvalue weighted by Crippen LogP contribution is -2.29. The lowest BCUT2D eigenvalue weighted by atomic mass is 9.98. The van der Waals surface area contributed by atoms with Gasteiger partial charge in [0.15, 0.2) is 5.78 Å². The molecule has 1 heterocycles. The predicted molar refractivity (Wildman–Crippen MR) is 70.6 cm³/mol. The topological polar surface area (TPSA) is 20.3 Å². The minimum Gasteiger partial charge on any atom is -0.303 e. The number of carbonyl (C=O) groups excluding carboxylic acids is 1. The Morgan fingerprint density at radius 2 is 1.75 bits per heavy atom. The van der Waals surface area contributed by atoms with Gasteiger partial charge in [0, 0.05) is 18.0 Å². The highest BCUT2D eigenvalue weighted by molar-refractivity contribution is 5.97. The second-order valence-electron chi connectivity index (χ2n) is 5.35. The standard InChI is InChI=1S/C15H18F3NO/c1-11(10-19-8-2-3-9-19)14(20)12-4-6-13(7-5-12)15(16,17)18/h4-7,11H,2-3,8-10H2,1H3/t11-/m0/s1. The molecule has 1 aromatic rings. The number of likely N-dealkylation sites (tertiary alicyclic amines) is 1. The quantitative estimate of drug-likeness (QED) is 0.787. The Kier molecular flexibility index (Phi) is 4.48. The van der Waals surface area contributed by atoms with Gasteiger partial charge in [-0.1, -0.05) is 19.1 Å². The Labute approximate surface area is 116 Å². The van der Waals surface area contributed by atoms with Crippen molar-refractivity contribution in [1.82, 2.24) is 4.90 Å². The first-order chi connectivity index (χ1) is 9.38. The molecule has 0 bridgehead atoms. The van der Waals surface area contributed by atoms with Crippen molar-refractivity contribution in [3.63, 3.8) is 0 Å². The number of ketones is 1. The summed E-state index contributed by atoms with van der Waals surface area (Å²) in [6.45, 7) is 4.52. The predicted octanol–water partition coefficient (Wildman–Crippen LogP) is 3.62. The fourth-order valence-electron chi connectivity index (χ4n) is 2.54. The molecular formula is C15H18F3NO. The summed E-state index contributed by atoms with van der Waals surface area (Å²) < 4.78 is 37.4. The molecule has 0 radical (unpaired) electrons. The van der Waals surface area contributed by atoms with E-state index in [1.807, 2.05) is 6.92 Å². The smallest absolute Gasteiger partial charge is 0.303 e. The minimum atomic E-state index is -4.36. The zero-order valence-electron chi connectivity index (χ0n) is 11.4.